The summed E-state index contributed by atoms with van der Waals surface area (Å²) in [7, 11) is 0. The van der Waals surface area contributed by atoms with Gasteiger partial charge < -0.3 is 14.3 Å². The van der Waals surface area contributed by atoms with Crippen LogP contribution in [0.4, 0.5) is 0 Å². The highest BCUT2D eigenvalue weighted by Gasteiger charge is 2.21. The van der Waals surface area contributed by atoms with Gasteiger partial charge in [0.05, 0.1) is 18.1 Å². The fourth-order valence-electron chi connectivity index (χ4n) is 2.74. The van der Waals surface area contributed by atoms with Crippen LogP contribution in [0.2, 0.25) is 0 Å². The molecular formula is C19H22N4O2. The Bertz CT molecular complexity index is 809. The highest BCUT2D eigenvalue weighted by molar-refractivity contribution is 5.92. The van der Waals surface area contributed by atoms with Gasteiger partial charge in [0.1, 0.15) is 0 Å². The summed E-state index contributed by atoms with van der Waals surface area (Å²) in [5.74, 6) is 0.641. The summed E-state index contributed by atoms with van der Waals surface area (Å²) >= 11 is 0. The van der Waals surface area contributed by atoms with Crippen LogP contribution in [-0.4, -0.2) is 20.4 Å². The Kier molecular flexibility index (Phi) is 5.28. The van der Waals surface area contributed by atoms with Crippen molar-refractivity contribution in [1.82, 2.24) is 19.9 Å². The minimum absolute atomic E-state index is 0.120. The van der Waals surface area contributed by atoms with Gasteiger partial charge >= 0.3 is 0 Å². The van der Waals surface area contributed by atoms with E-state index in [1.807, 2.05) is 48.0 Å². The summed E-state index contributed by atoms with van der Waals surface area (Å²) in [6.07, 6.45) is 6.85. The molecule has 1 aromatic carbocycles. The van der Waals surface area contributed by atoms with Crippen molar-refractivity contribution in [3.8, 4) is 0 Å². The van der Waals surface area contributed by atoms with E-state index in [0.717, 1.165) is 18.5 Å². The molecule has 0 spiro atoms. The van der Waals surface area contributed by atoms with Gasteiger partial charge in [-0.05, 0) is 18.9 Å². The Balaban J connectivity index is 1.76. The van der Waals surface area contributed by atoms with Crippen molar-refractivity contribution in [2.24, 2.45) is 0 Å². The highest BCUT2D eigenvalue weighted by Crippen LogP contribution is 2.19. The number of oxazole rings is 1. The van der Waals surface area contributed by atoms with Crippen molar-refractivity contribution in [1.29, 1.82) is 0 Å². The molecule has 1 atom stereocenters. The molecule has 6 nitrogen and oxygen atoms in total. The number of hydrogen-bond donors (Lipinski definition) is 1. The number of amides is 1. The molecule has 0 aliphatic heterocycles. The first-order chi connectivity index (χ1) is 12.2. The van der Waals surface area contributed by atoms with Gasteiger partial charge in [0.15, 0.2) is 5.89 Å². The molecule has 2 aromatic heterocycles. The van der Waals surface area contributed by atoms with Crippen LogP contribution in [0.1, 0.15) is 47.1 Å². The topological polar surface area (TPSA) is 73.0 Å². The van der Waals surface area contributed by atoms with E-state index in [4.69, 9.17) is 4.42 Å². The van der Waals surface area contributed by atoms with Gasteiger partial charge in [0, 0.05) is 25.4 Å². The molecule has 2 heterocycles. The molecule has 3 rings (SSSR count). The Labute approximate surface area is 146 Å². The number of aromatic nitrogens is 3. The number of hydrogen-bond acceptors (Lipinski definition) is 4. The Morgan fingerprint density at radius 1 is 1.32 bits per heavy atom. The molecule has 6 heteroatoms. The molecule has 25 heavy (non-hydrogen) atoms. The van der Waals surface area contributed by atoms with Crippen molar-refractivity contribution in [2.45, 2.75) is 39.3 Å². The maximum Gasteiger partial charge on any atom is 0.289 e. The Morgan fingerprint density at radius 3 is 2.76 bits per heavy atom. The van der Waals surface area contributed by atoms with Gasteiger partial charge in [-0.15, -0.1) is 0 Å². The molecule has 1 unspecified atom stereocenters. The number of carbonyl (C=O) groups excluding carboxylic acids is 1. The molecule has 130 valence electrons. The molecule has 1 N–H and O–H groups in total. The molecule has 0 radical (unpaired) electrons. The summed E-state index contributed by atoms with van der Waals surface area (Å²) in [5, 5.41) is 3.08. The summed E-state index contributed by atoms with van der Waals surface area (Å²) in [5.41, 5.74) is 1.68. The number of rotatable bonds is 7. The fourth-order valence-corrected chi connectivity index (χ4v) is 2.74. The van der Waals surface area contributed by atoms with Crippen molar-refractivity contribution < 1.29 is 9.21 Å². The molecule has 0 aliphatic carbocycles. The maximum atomic E-state index is 12.7. The van der Waals surface area contributed by atoms with Crippen LogP contribution in [0, 0.1) is 6.92 Å². The van der Waals surface area contributed by atoms with Gasteiger partial charge in [-0.1, -0.05) is 37.3 Å². The first kappa shape index (κ1) is 17.0. The van der Waals surface area contributed by atoms with Crippen molar-refractivity contribution in [2.75, 3.05) is 0 Å². The second-order valence-corrected chi connectivity index (χ2v) is 5.90. The van der Waals surface area contributed by atoms with E-state index in [-0.39, 0.29) is 11.9 Å². The Morgan fingerprint density at radius 2 is 2.12 bits per heavy atom. The molecule has 0 saturated heterocycles. The standard InChI is InChI=1S/C19H22N4O2/c1-3-17-21-14(2)18(25-17)19(24)22-16(15-7-5-4-6-8-15)9-11-23-12-10-20-13-23/h4-8,10,12-13,16H,3,9,11H2,1-2H3,(H,22,24). The summed E-state index contributed by atoms with van der Waals surface area (Å²) in [6.45, 7) is 4.50. The van der Waals surface area contributed by atoms with E-state index in [2.05, 4.69) is 15.3 Å². The van der Waals surface area contributed by atoms with Gasteiger partial charge in [-0.3, -0.25) is 4.79 Å². The predicted octanol–water partition coefficient (Wildman–Crippen LogP) is 3.30. The highest BCUT2D eigenvalue weighted by atomic mass is 16.4. The largest absolute Gasteiger partial charge is 0.435 e. The van der Waals surface area contributed by atoms with Crippen LogP contribution in [0.15, 0.2) is 53.5 Å². The molecule has 1 amide bonds. The average Bonchev–Trinajstić information content (AvgIpc) is 3.28. The van der Waals surface area contributed by atoms with E-state index < -0.39 is 0 Å². The van der Waals surface area contributed by atoms with Gasteiger partial charge in [-0.2, -0.15) is 0 Å². The number of nitrogens with one attached hydrogen (secondary N) is 1. The predicted molar refractivity (Wildman–Crippen MR) is 94.1 cm³/mol. The molecular weight excluding hydrogens is 316 g/mol. The summed E-state index contributed by atoms with van der Waals surface area (Å²) < 4.78 is 7.57. The monoisotopic (exact) mass is 338 g/mol. The SMILES string of the molecule is CCc1nc(C)c(C(=O)NC(CCn2ccnc2)c2ccccc2)o1. The van der Waals surface area contributed by atoms with Crippen molar-refractivity contribution in [3.05, 3.63) is 72.0 Å². The van der Waals surface area contributed by atoms with Crippen molar-refractivity contribution in [3.63, 3.8) is 0 Å². The first-order valence-electron chi connectivity index (χ1n) is 8.45. The summed E-state index contributed by atoms with van der Waals surface area (Å²) in [4.78, 5) is 21.0. The van der Waals surface area contributed by atoms with Crippen LogP contribution < -0.4 is 5.32 Å². The van der Waals surface area contributed by atoms with E-state index >= 15 is 0 Å². The van der Waals surface area contributed by atoms with Crippen LogP contribution >= 0.6 is 0 Å². The number of carbonyl (C=O) groups is 1. The number of aryl methyl sites for hydroxylation is 3. The third-order valence-corrected chi connectivity index (χ3v) is 4.09. The zero-order chi connectivity index (χ0) is 17.6. The average molecular weight is 338 g/mol. The normalized spacial score (nSPS) is 12.1. The molecule has 0 bridgehead atoms. The lowest BCUT2D eigenvalue weighted by Crippen LogP contribution is -2.29. The molecule has 0 aliphatic rings. The van der Waals surface area contributed by atoms with E-state index in [0.29, 0.717) is 23.8 Å². The lowest BCUT2D eigenvalue weighted by atomic mass is 10.0. The second-order valence-electron chi connectivity index (χ2n) is 5.90. The van der Waals surface area contributed by atoms with E-state index in [9.17, 15) is 4.79 Å². The first-order valence-corrected chi connectivity index (χ1v) is 8.45. The second kappa shape index (κ2) is 7.79. The number of benzene rings is 1. The Hall–Kier alpha value is -2.89. The van der Waals surface area contributed by atoms with Gasteiger partial charge in [0.2, 0.25) is 5.76 Å². The maximum absolute atomic E-state index is 12.7. The van der Waals surface area contributed by atoms with Gasteiger partial charge in [0.25, 0.3) is 5.91 Å². The zero-order valence-corrected chi connectivity index (χ0v) is 14.5. The van der Waals surface area contributed by atoms with Gasteiger partial charge in [-0.25, -0.2) is 9.97 Å². The zero-order valence-electron chi connectivity index (χ0n) is 14.5. The number of nitrogens with zero attached hydrogens (tertiary/aromatic N) is 3. The minimum Gasteiger partial charge on any atom is -0.435 e. The molecule has 0 fully saturated rings. The van der Waals surface area contributed by atoms with E-state index in [1.165, 1.54) is 0 Å². The molecule has 3 aromatic rings. The third kappa shape index (κ3) is 4.15. The van der Waals surface area contributed by atoms with Crippen LogP contribution in [0.3, 0.4) is 0 Å². The number of imidazole rings is 1. The lowest BCUT2D eigenvalue weighted by molar-refractivity contribution is 0.0903. The molecule has 0 saturated carbocycles. The third-order valence-electron chi connectivity index (χ3n) is 4.09. The minimum atomic E-state index is -0.232. The van der Waals surface area contributed by atoms with Crippen LogP contribution in [0.5, 0.6) is 0 Å². The van der Waals surface area contributed by atoms with E-state index in [1.54, 1.807) is 19.4 Å². The quantitative estimate of drug-likeness (QED) is 0.717. The van der Waals surface area contributed by atoms with Crippen LogP contribution in [-0.2, 0) is 13.0 Å². The van der Waals surface area contributed by atoms with Crippen LogP contribution in [0.25, 0.3) is 0 Å². The lowest BCUT2D eigenvalue weighted by Gasteiger charge is -2.19. The fraction of sp³-hybridized carbons (Fsp3) is 0.316. The van der Waals surface area contributed by atoms with Crippen molar-refractivity contribution >= 4 is 5.91 Å². The smallest absolute Gasteiger partial charge is 0.289 e. The summed E-state index contributed by atoms with van der Waals surface area (Å²) in [6, 6.07) is 9.83.